The van der Waals surface area contributed by atoms with Gasteiger partial charge in [0.1, 0.15) is 0 Å². The van der Waals surface area contributed by atoms with Crippen molar-refractivity contribution in [2.24, 2.45) is 5.92 Å². The lowest BCUT2D eigenvalue weighted by Gasteiger charge is -1.92. The molecule has 2 rings (SSSR count). The van der Waals surface area contributed by atoms with Gasteiger partial charge >= 0.3 is 0 Å². The Morgan fingerprint density at radius 3 is 2.83 bits per heavy atom. The van der Waals surface area contributed by atoms with Gasteiger partial charge in [-0.15, -0.1) is 0 Å². The second-order valence-electron chi connectivity index (χ2n) is 3.97. The van der Waals surface area contributed by atoms with Crippen molar-refractivity contribution >= 4 is 5.78 Å². The summed E-state index contributed by atoms with van der Waals surface area (Å²) in [5.74, 6) is 1.25. The second-order valence-corrected chi connectivity index (χ2v) is 3.97. The molecule has 1 unspecified atom stereocenters. The zero-order valence-electron chi connectivity index (χ0n) is 7.73. The summed E-state index contributed by atoms with van der Waals surface area (Å²) in [5, 5.41) is 0. The zero-order chi connectivity index (χ0) is 8.55. The Morgan fingerprint density at radius 2 is 2.25 bits per heavy atom. The molecular weight excluding hydrogens is 148 g/mol. The molecule has 0 aromatic rings. The number of rotatable bonds is 2. The maximum absolute atomic E-state index is 11.3. The van der Waals surface area contributed by atoms with Crippen LogP contribution in [0, 0.1) is 5.92 Å². The molecule has 1 heteroatoms. The van der Waals surface area contributed by atoms with Gasteiger partial charge in [0.15, 0.2) is 5.78 Å². The smallest absolute Gasteiger partial charge is 0.158 e. The highest BCUT2D eigenvalue weighted by atomic mass is 16.1. The summed E-state index contributed by atoms with van der Waals surface area (Å²) in [4.78, 5) is 11.3. The molecule has 2 saturated carbocycles. The Labute approximate surface area is 73.8 Å². The van der Waals surface area contributed by atoms with E-state index in [0.717, 1.165) is 25.2 Å². The predicted octanol–water partition coefficient (Wildman–Crippen LogP) is 2.86. The number of hydrogen-bond acceptors (Lipinski definition) is 1. The van der Waals surface area contributed by atoms with E-state index < -0.39 is 0 Å². The average Bonchev–Trinajstić information content (AvgIpc) is 2.67. The monoisotopic (exact) mass is 164 g/mol. The Balaban J connectivity index is 2.04. The maximum Gasteiger partial charge on any atom is 0.158 e. The van der Waals surface area contributed by atoms with Crippen LogP contribution in [0.15, 0.2) is 11.1 Å². The van der Waals surface area contributed by atoms with Crippen LogP contribution in [0.3, 0.4) is 0 Å². The predicted molar refractivity (Wildman–Crippen MR) is 48.9 cm³/mol. The summed E-state index contributed by atoms with van der Waals surface area (Å²) in [7, 11) is 0. The first-order valence-corrected chi connectivity index (χ1v) is 5.08. The van der Waals surface area contributed by atoms with Gasteiger partial charge in [-0.1, -0.05) is 18.9 Å². The SMILES string of the molecule is CCCC1C/C1=C1/CCCC1=O. The van der Waals surface area contributed by atoms with Gasteiger partial charge in [0.25, 0.3) is 0 Å². The summed E-state index contributed by atoms with van der Waals surface area (Å²) in [6.45, 7) is 2.22. The molecule has 66 valence electrons. The molecule has 0 aromatic heterocycles. The lowest BCUT2D eigenvalue weighted by molar-refractivity contribution is -0.114. The van der Waals surface area contributed by atoms with E-state index in [9.17, 15) is 4.79 Å². The molecule has 0 aliphatic heterocycles. The van der Waals surface area contributed by atoms with Crippen LogP contribution < -0.4 is 0 Å². The summed E-state index contributed by atoms with van der Waals surface area (Å²) < 4.78 is 0. The molecule has 0 saturated heterocycles. The minimum absolute atomic E-state index is 0.448. The lowest BCUT2D eigenvalue weighted by Crippen LogP contribution is -1.91. The molecule has 2 aliphatic carbocycles. The van der Waals surface area contributed by atoms with Gasteiger partial charge in [-0.05, 0) is 37.2 Å². The third-order valence-electron chi connectivity index (χ3n) is 2.99. The minimum Gasteiger partial charge on any atom is -0.295 e. The number of carbonyl (C=O) groups excluding carboxylic acids is 1. The summed E-state index contributed by atoms with van der Waals surface area (Å²) in [6, 6.07) is 0. The van der Waals surface area contributed by atoms with Crippen LogP contribution >= 0.6 is 0 Å². The fourth-order valence-electron chi connectivity index (χ4n) is 2.26. The van der Waals surface area contributed by atoms with Gasteiger partial charge in [0.2, 0.25) is 0 Å². The van der Waals surface area contributed by atoms with Gasteiger partial charge in [0.05, 0.1) is 0 Å². The highest BCUT2D eigenvalue weighted by Gasteiger charge is 2.35. The van der Waals surface area contributed by atoms with Crippen molar-refractivity contribution in [3.63, 3.8) is 0 Å². The highest BCUT2D eigenvalue weighted by molar-refractivity contribution is 5.98. The molecule has 1 atom stereocenters. The molecule has 0 radical (unpaired) electrons. The third kappa shape index (κ3) is 1.33. The normalized spacial score (nSPS) is 34.4. The van der Waals surface area contributed by atoms with Crippen molar-refractivity contribution in [2.45, 2.75) is 45.4 Å². The number of Topliss-reactive ketones (excluding diaryl/α,β-unsaturated/α-hetero) is 1. The first-order valence-electron chi connectivity index (χ1n) is 5.08. The van der Waals surface area contributed by atoms with Crippen LogP contribution in [0.25, 0.3) is 0 Å². The second kappa shape index (κ2) is 3.04. The Kier molecular flexibility index (Phi) is 2.03. The molecule has 2 fully saturated rings. The molecule has 0 aromatic carbocycles. The highest BCUT2D eigenvalue weighted by Crippen LogP contribution is 2.46. The van der Waals surface area contributed by atoms with Crippen LogP contribution in [0.2, 0.25) is 0 Å². The Hall–Kier alpha value is -0.590. The standard InChI is InChI=1S/C11H16O/c1-2-4-8-7-10(8)9-5-3-6-11(9)12/h8H,2-7H2,1H3/b10-9+. The Bertz CT molecular complexity index is 237. The van der Waals surface area contributed by atoms with E-state index in [-0.39, 0.29) is 0 Å². The van der Waals surface area contributed by atoms with Crippen LogP contribution in [-0.4, -0.2) is 5.78 Å². The van der Waals surface area contributed by atoms with Crippen molar-refractivity contribution in [3.8, 4) is 0 Å². The van der Waals surface area contributed by atoms with E-state index >= 15 is 0 Å². The maximum atomic E-state index is 11.3. The lowest BCUT2D eigenvalue weighted by atomic mass is 10.1. The van der Waals surface area contributed by atoms with Gasteiger partial charge < -0.3 is 0 Å². The van der Waals surface area contributed by atoms with Crippen molar-refractivity contribution in [1.82, 2.24) is 0 Å². The van der Waals surface area contributed by atoms with Crippen LogP contribution in [0.1, 0.15) is 45.4 Å². The fourth-order valence-corrected chi connectivity index (χ4v) is 2.26. The molecule has 0 N–H and O–H groups in total. The van der Waals surface area contributed by atoms with Crippen molar-refractivity contribution in [2.75, 3.05) is 0 Å². The minimum atomic E-state index is 0.448. The Morgan fingerprint density at radius 1 is 1.42 bits per heavy atom. The zero-order valence-corrected chi connectivity index (χ0v) is 7.73. The van der Waals surface area contributed by atoms with Gasteiger partial charge in [-0.25, -0.2) is 0 Å². The largest absolute Gasteiger partial charge is 0.295 e. The molecule has 0 spiro atoms. The average molecular weight is 164 g/mol. The number of allylic oxidation sites excluding steroid dienone is 2. The fraction of sp³-hybridized carbons (Fsp3) is 0.727. The van der Waals surface area contributed by atoms with E-state index in [1.54, 1.807) is 0 Å². The van der Waals surface area contributed by atoms with Crippen LogP contribution in [0.4, 0.5) is 0 Å². The molecule has 1 nitrogen and oxygen atoms in total. The van der Waals surface area contributed by atoms with E-state index in [1.165, 1.54) is 30.4 Å². The van der Waals surface area contributed by atoms with Gasteiger partial charge in [-0.3, -0.25) is 4.79 Å². The van der Waals surface area contributed by atoms with E-state index in [4.69, 9.17) is 0 Å². The first-order chi connectivity index (χ1) is 5.83. The van der Waals surface area contributed by atoms with Crippen LogP contribution in [0.5, 0.6) is 0 Å². The van der Waals surface area contributed by atoms with E-state index in [0.29, 0.717) is 5.78 Å². The quantitative estimate of drug-likeness (QED) is 0.573. The molecule has 0 bridgehead atoms. The molecule has 2 aliphatic rings. The molecule has 12 heavy (non-hydrogen) atoms. The molecular formula is C11H16O. The van der Waals surface area contributed by atoms with E-state index in [1.807, 2.05) is 0 Å². The number of ketones is 1. The van der Waals surface area contributed by atoms with Gasteiger partial charge in [-0.2, -0.15) is 0 Å². The number of hydrogen-bond donors (Lipinski definition) is 0. The van der Waals surface area contributed by atoms with Crippen LogP contribution in [-0.2, 0) is 4.79 Å². The van der Waals surface area contributed by atoms with Crippen molar-refractivity contribution < 1.29 is 4.79 Å². The summed E-state index contributed by atoms with van der Waals surface area (Å²) >= 11 is 0. The molecule has 0 heterocycles. The third-order valence-corrected chi connectivity index (χ3v) is 2.99. The van der Waals surface area contributed by atoms with Gasteiger partial charge in [0, 0.05) is 6.42 Å². The first kappa shape index (κ1) is 8.03. The van der Waals surface area contributed by atoms with Crippen molar-refractivity contribution in [1.29, 1.82) is 0 Å². The number of carbonyl (C=O) groups is 1. The topological polar surface area (TPSA) is 17.1 Å². The molecule has 0 amide bonds. The summed E-state index contributed by atoms with van der Waals surface area (Å²) in [5.41, 5.74) is 2.73. The summed E-state index contributed by atoms with van der Waals surface area (Å²) in [6.07, 6.45) is 6.79. The van der Waals surface area contributed by atoms with E-state index in [2.05, 4.69) is 6.92 Å². The van der Waals surface area contributed by atoms with Crippen molar-refractivity contribution in [3.05, 3.63) is 11.1 Å².